The van der Waals surface area contributed by atoms with E-state index in [9.17, 15) is 9.90 Å². The zero-order valence-electron chi connectivity index (χ0n) is 19.0. The molecule has 0 spiro atoms. The van der Waals surface area contributed by atoms with Crippen LogP contribution < -0.4 is 0 Å². The van der Waals surface area contributed by atoms with Gasteiger partial charge in [0.2, 0.25) is 0 Å². The van der Waals surface area contributed by atoms with Crippen molar-refractivity contribution in [3.05, 3.63) is 23.5 Å². The number of allylic oxidation sites excluding steroid dienone is 2. The highest BCUT2D eigenvalue weighted by Gasteiger charge is 2.58. The zero-order valence-corrected chi connectivity index (χ0v) is 20.0. The summed E-state index contributed by atoms with van der Waals surface area (Å²) in [6.45, 7) is 21.0. The maximum atomic E-state index is 13.4. The molecule has 2 rings (SSSR count). The van der Waals surface area contributed by atoms with E-state index < -0.39 is 26.1 Å². The maximum Gasteiger partial charge on any atom is 0.192 e. The minimum Gasteiger partial charge on any atom is -0.488 e. The molecule has 160 valence electrons. The number of carbonyl (C=O) groups is 1. The second kappa shape index (κ2) is 7.71. The lowest BCUT2D eigenvalue weighted by molar-refractivity contribution is -0.171. The summed E-state index contributed by atoms with van der Waals surface area (Å²) < 4.78 is 18.2. The Morgan fingerprint density at radius 3 is 2.39 bits per heavy atom. The molecule has 5 nitrogen and oxygen atoms in total. The molecule has 0 aromatic heterocycles. The molecule has 6 heteroatoms. The standard InChI is InChI=1S/C22H38O5Si/c1-13(2)15-11-16-19(23)18(20(24)25-8)14(3)26-22(16,7)17(12-15)27-28(9,10)21(4,5)6/h15-17,20,24H,1,11-12H2,2-10H3/t15-,16-,17?,20?,22-/m0/s1. The fraction of sp³-hybridized carbons (Fsp3) is 0.773. The van der Waals surface area contributed by atoms with Crippen molar-refractivity contribution in [3.63, 3.8) is 0 Å². The lowest BCUT2D eigenvalue weighted by Gasteiger charge is -2.54. The molecule has 1 aliphatic heterocycles. The normalized spacial score (nSPS) is 32.6. The molecule has 28 heavy (non-hydrogen) atoms. The highest BCUT2D eigenvalue weighted by Crippen LogP contribution is 2.51. The van der Waals surface area contributed by atoms with Crippen molar-refractivity contribution in [1.82, 2.24) is 0 Å². The van der Waals surface area contributed by atoms with Crippen LogP contribution in [-0.4, -0.2) is 44.3 Å². The summed E-state index contributed by atoms with van der Waals surface area (Å²) in [5.74, 6) is 0.104. The molecule has 0 aromatic rings. The second-order valence-corrected chi connectivity index (χ2v) is 14.9. The summed E-state index contributed by atoms with van der Waals surface area (Å²) in [5, 5.41) is 10.3. The van der Waals surface area contributed by atoms with Gasteiger partial charge in [-0.25, -0.2) is 0 Å². The number of hydrogen-bond donors (Lipinski definition) is 1. The van der Waals surface area contributed by atoms with E-state index in [1.165, 1.54) is 7.11 Å². The Morgan fingerprint density at radius 2 is 1.93 bits per heavy atom. The summed E-state index contributed by atoms with van der Waals surface area (Å²) in [4.78, 5) is 13.4. The fourth-order valence-electron chi connectivity index (χ4n) is 4.10. The highest BCUT2D eigenvalue weighted by molar-refractivity contribution is 6.74. The topological polar surface area (TPSA) is 65.0 Å². The molecule has 0 bridgehead atoms. The van der Waals surface area contributed by atoms with Crippen LogP contribution in [0.4, 0.5) is 0 Å². The van der Waals surface area contributed by atoms with Crippen molar-refractivity contribution < 1.29 is 23.8 Å². The Kier molecular flexibility index (Phi) is 6.42. The molecule has 1 heterocycles. The molecule has 2 unspecified atom stereocenters. The maximum absolute atomic E-state index is 13.4. The lowest BCUT2D eigenvalue weighted by Crippen LogP contribution is -2.62. The third-order valence-electron chi connectivity index (χ3n) is 7.09. The van der Waals surface area contributed by atoms with Crippen molar-refractivity contribution in [2.24, 2.45) is 11.8 Å². The summed E-state index contributed by atoms with van der Waals surface area (Å²) in [6.07, 6.45) is -0.0525. The molecule has 0 radical (unpaired) electrons. The van der Waals surface area contributed by atoms with E-state index in [1.54, 1.807) is 6.92 Å². The van der Waals surface area contributed by atoms with E-state index in [2.05, 4.69) is 40.4 Å². The predicted octanol–water partition coefficient (Wildman–Crippen LogP) is 4.58. The Labute approximate surface area is 171 Å². The first-order valence-corrected chi connectivity index (χ1v) is 13.0. The molecule has 1 saturated carbocycles. The smallest absolute Gasteiger partial charge is 0.192 e. The van der Waals surface area contributed by atoms with Gasteiger partial charge in [-0.05, 0) is 57.7 Å². The van der Waals surface area contributed by atoms with Gasteiger partial charge in [0.1, 0.15) is 11.4 Å². The van der Waals surface area contributed by atoms with Crippen LogP contribution in [0.15, 0.2) is 23.5 Å². The Morgan fingerprint density at radius 1 is 1.36 bits per heavy atom. The molecule has 0 amide bonds. The number of aliphatic hydroxyl groups is 1. The zero-order chi connectivity index (χ0) is 21.7. The van der Waals surface area contributed by atoms with Crippen LogP contribution in [0.2, 0.25) is 18.1 Å². The van der Waals surface area contributed by atoms with Crippen molar-refractivity contribution >= 4 is 14.1 Å². The third kappa shape index (κ3) is 4.02. The number of Topliss-reactive ketones (excluding diaryl/α,β-unsaturated/α-hetero) is 1. The van der Waals surface area contributed by atoms with E-state index in [4.69, 9.17) is 13.9 Å². The van der Waals surface area contributed by atoms with Crippen LogP contribution >= 0.6 is 0 Å². The summed E-state index contributed by atoms with van der Waals surface area (Å²) in [6, 6.07) is 0. The highest BCUT2D eigenvalue weighted by atomic mass is 28.4. The number of hydrogen-bond acceptors (Lipinski definition) is 5. The van der Waals surface area contributed by atoms with Gasteiger partial charge in [0.05, 0.1) is 17.6 Å². The van der Waals surface area contributed by atoms with E-state index in [0.717, 1.165) is 12.0 Å². The number of fused-ring (bicyclic) bond motifs is 1. The Balaban J connectivity index is 2.51. The average Bonchev–Trinajstić information content (AvgIpc) is 2.54. The second-order valence-electron chi connectivity index (χ2n) is 10.1. The van der Waals surface area contributed by atoms with Crippen molar-refractivity contribution in [3.8, 4) is 0 Å². The predicted molar refractivity (Wildman–Crippen MR) is 113 cm³/mol. The molecule has 1 N–H and O–H groups in total. The Bertz CT molecular complexity index is 675. The summed E-state index contributed by atoms with van der Waals surface area (Å²) in [5.41, 5.74) is 0.511. The van der Waals surface area contributed by atoms with E-state index in [1.807, 2.05) is 13.8 Å². The van der Waals surface area contributed by atoms with Crippen molar-refractivity contribution in [2.75, 3.05) is 7.11 Å². The summed E-state index contributed by atoms with van der Waals surface area (Å²) >= 11 is 0. The van der Waals surface area contributed by atoms with Gasteiger partial charge in [-0.2, -0.15) is 0 Å². The first kappa shape index (κ1) is 23.3. The van der Waals surface area contributed by atoms with Gasteiger partial charge in [0.15, 0.2) is 20.4 Å². The van der Waals surface area contributed by atoms with Gasteiger partial charge in [-0.3, -0.25) is 4.79 Å². The average molecular weight is 411 g/mol. The molecular weight excluding hydrogens is 372 g/mol. The Hall–Kier alpha value is -0.953. The lowest BCUT2D eigenvalue weighted by atomic mass is 9.64. The minimum absolute atomic E-state index is 0.0516. The van der Waals surface area contributed by atoms with E-state index in [0.29, 0.717) is 12.2 Å². The van der Waals surface area contributed by atoms with Crippen LogP contribution in [0, 0.1) is 11.8 Å². The van der Waals surface area contributed by atoms with Crippen LogP contribution in [0.25, 0.3) is 0 Å². The number of aliphatic hydroxyl groups excluding tert-OH is 1. The van der Waals surface area contributed by atoms with Gasteiger partial charge in [-0.15, -0.1) is 0 Å². The monoisotopic (exact) mass is 410 g/mol. The molecule has 1 fully saturated rings. The summed E-state index contributed by atoms with van der Waals surface area (Å²) in [7, 11) is -0.699. The molecule has 1 aliphatic carbocycles. The fourth-order valence-corrected chi connectivity index (χ4v) is 5.49. The first-order chi connectivity index (χ1) is 12.7. The van der Waals surface area contributed by atoms with Gasteiger partial charge < -0.3 is 19.0 Å². The van der Waals surface area contributed by atoms with Gasteiger partial charge >= 0.3 is 0 Å². The van der Waals surface area contributed by atoms with E-state index >= 15 is 0 Å². The number of ether oxygens (including phenoxy) is 2. The van der Waals surface area contributed by atoms with E-state index in [-0.39, 0.29) is 28.4 Å². The molecule has 2 aliphatic rings. The third-order valence-corrected chi connectivity index (χ3v) is 11.6. The van der Waals surface area contributed by atoms with Crippen LogP contribution in [0.3, 0.4) is 0 Å². The van der Waals surface area contributed by atoms with Gasteiger partial charge in [0.25, 0.3) is 0 Å². The van der Waals surface area contributed by atoms with Gasteiger partial charge in [0, 0.05) is 7.11 Å². The van der Waals surface area contributed by atoms with Gasteiger partial charge in [-0.1, -0.05) is 32.9 Å². The number of carbonyl (C=O) groups excluding carboxylic acids is 1. The van der Waals surface area contributed by atoms with Crippen LogP contribution in [0.1, 0.15) is 54.4 Å². The molecule has 0 aromatic carbocycles. The molecular formula is C22H38O5Si. The SMILES string of the molecule is C=C(C)[C@@H]1CC(O[Si](C)(C)C(C)(C)C)[C@@]2(C)OC(C)=C(C(O)OC)C(=O)[C@@H]2C1. The van der Waals surface area contributed by atoms with Crippen LogP contribution in [0.5, 0.6) is 0 Å². The molecule has 0 saturated heterocycles. The van der Waals surface area contributed by atoms with Crippen molar-refractivity contribution in [2.45, 2.75) is 90.5 Å². The quantitative estimate of drug-likeness (QED) is 0.408. The largest absolute Gasteiger partial charge is 0.488 e. The first-order valence-electron chi connectivity index (χ1n) is 10.1. The van der Waals surface area contributed by atoms with Crippen LogP contribution in [-0.2, 0) is 18.7 Å². The molecule has 5 atom stereocenters. The number of methoxy groups -OCH3 is 1. The number of rotatable bonds is 5. The number of ketones is 1. The minimum atomic E-state index is -2.08. The van der Waals surface area contributed by atoms with Crippen molar-refractivity contribution in [1.29, 1.82) is 0 Å².